The second-order valence-electron chi connectivity index (χ2n) is 8.77. The smallest absolute Gasteiger partial charge is 0.410 e. The van der Waals surface area contributed by atoms with Crippen molar-refractivity contribution in [3.63, 3.8) is 0 Å². The van der Waals surface area contributed by atoms with Gasteiger partial charge in [-0.3, -0.25) is 9.69 Å². The molecule has 0 saturated carbocycles. The van der Waals surface area contributed by atoms with E-state index in [-0.39, 0.29) is 19.8 Å². The molecule has 4 rings (SSSR count). The number of amides is 1. The highest BCUT2D eigenvalue weighted by molar-refractivity contribution is 5.78. The average molecular weight is 490 g/mol. The molecule has 0 bridgehead atoms. The number of methoxy groups -OCH3 is 1. The van der Waals surface area contributed by atoms with Crippen molar-refractivity contribution < 1.29 is 28.9 Å². The van der Waals surface area contributed by atoms with Gasteiger partial charge in [0.05, 0.1) is 44.9 Å². The van der Waals surface area contributed by atoms with Gasteiger partial charge in [-0.2, -0.15) is 0 Å². The van der Waals surface area contributed by atoms with Crippen LogP contribution >= 0.6 is 0 Å². The van der Waals surface area contributed by atoms with Gasteiger partial charge in [-0.05, 0) is 16.7 Å². The van der Waals surface area contributed by atoms with E-state index in [1.54, 1.807) is 0 Å². The Hall–Kier alpha value is -3.68. The van der Waals surface area contributed by atoms with Gasteiger partial charge in [0.1, 0.15) is 6.61 Å². The van der Waals surface area contributed by atoms with Crippen LogP contribution in [0.1, 0.15) is 22.7 Å². The molecule has 188 valence electrons. The van der Waals surface area contributed by atoms with Crippen molar-refractivity contribution in [2.24, 2.45) is 11.8 Å². The first-order valence-electron chi connectivity index (χ1n) is 12.0. The van der Waals surface area contributed by atoms with E-state index in [2.05, 4.69) is 0 Å². The molecule has 1 aliphatic rings. The molecule has 4 unspecified atom stereocenters. The molecule has 1 fully saturated rings. The number of hydrogen-bond donors (Lipinski definition) is 1. The maximum atomic E-state index is 13.5. The van der Waals surface area contributed by atoms with E-state index >= 15 is 0 Å². The third-order valence-electron chi connectivity index (χ3n) is 6.59. The molecule has 7 heteroatoms. The highest BCUT2D eigenvalue weighted by Crippen LogP contribution is 2.46. The van der Waals surface area contributed by atoms with Crippen LogP contribution < -0.4 is 0 Å². The summed E-state index contributed by atoms with van der Waals surface area (Å²) < 4.78 is 16.8. The predicted molar refractivity (Wildman–Crippen MR) is 134 cm³/mol. The van der Waals surface area contributed by atoms with E-state index in [0.29, 0.717) is 6.61 Å². The van der Waals surface area contributed by atoms with E-state index in [9.17, 15) is 14.7 Å². The number of esters is 1. The van der Waals surface area contributed by atoms with Crippen LogP contribution in [0.15, 0.2) is 91.0 Å². The van der Waals surface area contributed by atoms with Crippen molar-refractivity contribution in [2.75, 3.05) is 20.3 Å². The van der Waals surface area contributed by atoms with Gasteiger partial charge >= 0.3 is 12.1 Å². The Morgan fingerprint density at radius 2 is 1.39 bits per heavy atom. The Morgan fingerprint density at radius 3 is 1.94 bits per heavy atom. The first kappa shape index (κ1) is 25.4. The predicted octanol–water partition coefficient (Wildman–Crippen LogP) is 4.36. The summed E-state index contributed by atoms with van der Waals surface area (Å²) in [7, 11) is 1.33. The lowest BCUT2D eigenvalue weighted by atomic mass is 9.85. The molecule has 0 spiro atoms. The highest BCUT2D eigenvalue weighted by Gasteiger charge is 2.55. The Bertz CT molecular complexity index is 1110. The molecular formula is C29H31NO6. The number of carbonyl (C=O) groups is 2. The molecule has 3 aromatic carbocycles. The molecule has 7 nitrogen and oxygen atoms in total. The van der Waals surface area contributed by atoms with E-state index in [1.807, 2.05) is 91.0 Å². The topological polar surface area (TPSA) is 85.3 Å². The van der Waals surface area contributed by atoms with Crippen molar-refractivity contribution >= 4 is 12.1 Å². The van der Waals surface area contributed by atoms with Crippen molar-refractivity contribution in [3.8, 4) is 0 Å². The fourth-order valence-corrected chi connectivity index (χ4v) is 4.88. The van der Waals surface area contributed by atoms with E-state index in [1.165, 1.54) is 12.0 Å². The second-order valence-corrected chi connectivity index (χ2v) is 8.77. The number of likely N-dealkylation sites (tertiary alicyclic amines) is 1. The van der Waals surface area contributed by atoms with Crippen LogP contribution in [0.25, 0.3) is 0 Å². The van der Waals surface area contributed by atoms with Gasteiger partial charge in [-0.15, -0.1) is 0 Å². The molecule has 36 heavy (non-hydrogen) atoms. The zero-order valence-electron chi connectivity index (χ0n) is 20.2. The Kier molecular flexibility index (Phi) is 8.71. The molecule has 1 saturated heterocycles. The van der Waals surface area contributed by atoms with E-state index < -0.39 is 36.0 Å². The zero-order chi connectivity index (χ0) is 25.3. The normalized spacial score (nSPS) is 21.2. The summed E-state index contributed by atoms with van der Waals surface area (Å²) in [6.45, 7) is 0.230. The molecular weight excluding hydrogens is 458 g/mol. The van der Waals surface area contributed by atoms with E-state index in [0.717, 1.165) is 16.7 Å². The lowest BCUT2D eigenvalue weighted by Crippen LogP contribution is -2.42. The maximum Gasteiger partial charge on any atom is 0.410 e. The Labute approximate surface area is 211 Å². The fraction of sp³-hybridized carbons (Fsp3) is 0.310. The van der Waals surface area contributed by atoms with Crippen LogP contribution in [0, 0.1) is 11.8 Å². The van der Waals surface area contributed by atoms with Gasteiger partial charge in [0.15, 0.2) is 0 Å². The van der Waals surface area contributed by atoms with Crippen LogP contribution in [-0.4, -0.2) is 48.4 Å². The zero-order valence-corrected chi connectivity index (χ0v) is 20.2. The number of aliphatic hydroxyl groups is 1. The molecule has 1 heterocycles. The van der Waals surface area contributed by atoms with Gasteiger partial charge < -0.3 is 19.3 Å². The summed E-state index contributed by atoms with van der Waals surface area (Å²) in [5, 5.41) is 10.4. The number of nitrogens with zero attached hydrogens (tertiary/aromatic N) is 1. The van der Waals surface area contributed by atoms with Crippen LogP contribution in [-0.2, 0) is 32.2 Å². The van der Waals surface area contributed by atoms with Gasteiger partial charge in [-0.1, -0.05) is 91.0 Å². The molecule has 4 atom stereocenters. The van der Waals surface area contributed by atoms with Gasteiger partial charge in [0.25, 0.3) is 0 Å². The number of rotatable bonds is 9. The maximum absolute atomic E-state index is 13.5. The van der Waals surface area contributed by atoms with Crippen molar-refractivity contribution in [1.29, 1.82) is 0 Å². The first-order valence-corrected chi connectivity index (χ1v) is 12.0. The van der Waals surface area contributed by atoms with Gasteiger partial charge in [0, 0.05) is 5.92 Å². The number of aliphatic hydroxyl groups excluding tert-OH is 1. The highest BCUT2D eigenvalue weighted by atomic mass is 16.6. The van der Waals surface area contributed by atoms with Crippen LogP contribution in [0.3, 0.4) is 0 Å². The summed E-state index contributed by atoms with van der Waals surface area (Å²) in [4.78, 5) is 28.1. The first-order chi connectivity index (χ1) is 17.6. The number of benzene rings is 3. The molecule has 0 aliphatic carbocycles. The van der Waals surface area contributed by atoms with E-state index in [4.69, 9.17) is 14.2 Å². The fourth-order valence-electron chi connectivity index (χ4n) is 4.88. The van der Waals surface area contributed by atoms with Crippen LogP contribution in [0.4, 0.5) is 4.79 Å². The average Bonchev–Trinajstić information content (AvgIpc) is 3.27. The molecule has 1 aliphatic heterocycles. The minimum absolute atomic E-state index is 0.0773. The molecule has 1 N–H and O–H groups in total. The van der Waals surface area contributed by atoms with Gasteiger partial charge in [-0.25, -0.2) is 4.79 Å². The van der Waals surface area contributed by atoms with Crippen LogP contribution in [0.5, 0.6) is 0 Å². The number of hydrogen-bond acceptors (Lipinski definition) is 6. The largest absolute Gasteiger partial charge is 0.469 e. The van der Waals surface area contributed by atoms with Crippen LogP contribution in [0.2, 0.25) is 0 Å². The Morgan fingerprint density at radius 1 is 0.833 bits per heavy atom. The molecule has 0 radical (unpaired) electrons. The lowest BCUT2D eigenvalue weighted by Gasteiger charge is -2.30. The SMILES string of the molecule is COC(=O)C1C(COCc2ccccc2)C(CO)N(C(=O)OCc2ccccc2)C1c1ccccc1. The third-order valence-corrected chi connectivity index (χ3v) is 6.59. The second kappa shape index (κ2) is 12.3. The monoisotopic (exact) mass is 489 g/mol. The van der Waals surface area contributed by atoms with Crippen molar-refractivity contribution in [1.82, 2.24) is 4.90 Å². The number of ether oxygens (including phenoxy) is 3. The quantitative estimate of drug-likeness (QED) is 0.450. The summed E-state index contributed by atoms with van der Waals surface area (Å²) in [6, 6.07) is 27.0. The molecule has 0 aromatic heterocycles. The standard InChI is InChI=1S/C29H31NO6/c1-34-28(32)26-24(20-35-18-21-11-5-2-6-12-21)25(17-31)30(27(26)23-15-9-4-10-16-23)29(33)36-19-22-13-7-3-8-14-22/h2-16,24-27,31H,17-20H2,1H3. The van der Waals surface area contributed by atoms with Gasteiger partial charge in [0.2, 0.25) is 0 Å². The molecule has 1 amide bonds. The minimum Gasteiger partial charge on any atom is -0.469 e. The van der Waals surface area contributed by atoms with Crippen molar-refractivity contribution in [3.05, 3.63) is 108 Å². The summed E-state index contributed by atoms with van der Waals surface area (Å²) in [6.07, 6.45) is -0.605. The summed E-state index contributed by atoms with van der Waals surface area (Å²) in [5.74, 6) is -1.70. The van der Waals surface area contributed by atoms with Crippen molar-refractivity contribution in [2.45, 2.75) is 25.3 Å². The minimum atomic E-state index is -0.741. The number of carbonyl (C=O) groups excluding carboxylic acids is 2. The summed E-state index contributed by atoms with van der Waals surface area (Å²) >= 11 is 0. The Balaban J connectivity index is 1.63. The third kappa shape index (κ3) is 5.75. The summed E-state index contributed by atoms with van der Waals surface area (Å²) in [5.41, 5.74) is 2.59. The lowest BCUT2D eigenvalue weighted by molar-refractivity contribution is -0.148. The molecule has 3 aromatic rings.